The molecule has 1 saturated heterocycles. The second-order valence-electron chi connectivity index (χ2n) is 12.2. The van der Waals surface area contributed by atoms with E-state index in [1.54, 1.807) is 17.1 Å². The molecule has 1 aliphatic rings. The monoisotopic (exact) mass is 564 g/mol. The minimum Gasteiger partial charge on any atom is -0.317 e. The number of carbonyl (C=O) groups excluding carboxylic acids is 2. The Kier molecular flexibility index (Phi) is 8.83. The molecule has 42 heavy (non-hydrogen) atoms. The Hall–Kier alpha value is -4.30. The van der Waals surface area contributed by atoms with Crippen LogP contribution in [0.15, 0.2) is 79.1 Å². The maximum Gasteiger partial charge on any atom is 0.324 e. The summed E-state index contributed by atoms with van der Waals surface area (Å²) in [6.45, 7) is 10.2. The first kappa shape index (κ1) is 29.2. The Labute approximate surface area is 248 Å². The van der Waals surface area contributed by atoms with Crippen molar-refractivity contribution in [2.24, 2.45) is 5.92 Å². The van der Waals surface area contributed by atoms with Crippen molar-refractivity contribution in [3.63, 3.8) is 0 Å². The smallest absolute Gasteiger partial charge is 0.317 e. The van der Waals surface area contributed by atoms with E-state index in [-0.39, 0.29) is 29.1 Å². The molecule has 0 spiro atoms. The fourth-order valence-corrected chi connectivity index (χ4v) is 5.48. The molecule has 1 atom stereocenters. The molecule has 2 aromatic carbocycles. The molecule has 0 aliphatic carbocycles. The van der Waals surface area contributed by atoms with E-state index in [4.69, 9.17) is 5.10 Å². The van der Waals surface area contributed by atoms with E-state index in [9.17, 15) is 9.59 Å². The first-order chi connectivity index (χ1) is 20.2. The van der Waals surface area contributed by atoms with E-state index in [0.717, 1.165) is 54.0 Å². The summed E-state index contributed by atoms with van der Waals surface area (Å²) in [6.07, 6.45) is 5.75. The number of hydrogen-bond acceptors (Lipinski definition) is 5. The predicted molar refractivity (Wildman–Crippen MR) is 167 cm³/mol. The molecule has 1 aliphatic heterocycles. The van der Waals surface area contributed by atoms with Crippen molar-refractivity contribution in [2.45, 2.75) is 58.3 Å². The number of anilines is 2. The Morgan fingerprint density at radius 1 is 1.00 bits per heavy atom. The number of amides is 2. The molecular weight excluding hydrogens is 524 g/mol. The number of ketones is 1. The highest BCUT2D eigenvalue weighted by Crippen LogP contribution is 2.34. The summed E-state index contributed by atoms with van der Waals surface area (Å²) in [7, 11) is 0. The van der Waals surface area contributed by atoms with Crippen LogP contribution in [0.25, 0.3) is 5.69 Å². The number of rotatable bonds is 8. The Bertz CT molecular complexity index is 1500. The van der Waals surface area contributed by atoms with Crippen LogP contribution < -0.4 is 16.0 Å². The lowest BCUT2D eigenvalue weighted by Crippen LogP contribution is -2.34. The third-order valence-corrected chi connectivity index (χ3v) is 7.83. The van der Waals surface area contributed by atoms with Gasteiger partial charge in [-0.2, -0.15) is 5.10 Å². The number of aryl methyl sites for hydroxylation is 1. The van der Waals surface area contributed by atoms with E-state index in [1.807, 2.05) is 73.7 Å². The van der Waals surface area contributed by atoms with Gasteiger partial charge in [-0.1, -0.05) is 56.7 Å². The Morgan fingerprint density at radius 3 is 2.36 bits per heavy atom. The summed E-state index contributed by atoms with van der Waals surface area (Å²) >= 11 is 0. The standard InChI is InChI=1S/C34H40N6O2/c1-23-7-13-28(14-8-23)40-31(21-30(39-40)34(2,3)4)38-33(42)37-27-11-9-25(10-12-27)32(26-15-18-35-19-16-26)29(41)20-24-6-5-17-36-22-24/h5-14,17,21-22,26,32,35H,15-16,18-20H2,1-4H3,(H2,37,38,42). The molecule has 5 rings (SSSR count). The molecular formula is C34H40N6O2. The van der Waals surface area contributed by atoms with Gasteiger partial charge in [-0.3, -0.25) is 15.1 Å². The van der Waals surface area contributed by atoms with Gasteiger partial charge in [0.1, 0.15) is 11.6 Å². The molecule has 4 aromatic rings. The zero-order valence-corrected chi connectivity index (χ0v) is 24.9. The number of piperidine rings is 1. The van der Waals surface area contributed by atoms with Crippen LogP contribution in [0.4, 0.5) is 16.3 Å². The van der Waals surface area contributed by atoms with Crippen LogP contribution in [0.1, 0.15) is 61.9 Å². The Balaban J connectivity index is 1.32. The summed E-state index contributed by atoms with van der Waals surface area (Å²) in [5.74, 6) is 0.865. The van der Waals surface area contributed by atoms with Gasteiger partial charge >= 0.3 is 6.03 Å². The topological polar surface area (TPSA) is 101 Å². The molecule has 1 fully saturated rings. The molecule has 2 amide bonds. The molecule has 8 heteroatoms. The quantitative estimate of drug-likeness (QED) is 0.230. The van der Waals surface area contributed by atoms with Crippen LogP contribution in [-0.2, 0) is 16.6 Å². The van der Waals surface area contributed by atoms with Crippen molar-refractivity contribution >= 4 is 23.3 Å². The molecule has 3 heterocycles. The number of nitrogens with one attached hydrogen (secondary N) is 3. The summed E-state index contributed by atoms with van der Waals surface area (Å²) in [5, 5.41) is 14.1. The van der Waals surface area contributed by atoms with Gasteiger partial charge in [-0.05, 0) is 80.2 Å². The van der Waals surface area contributed by atoms with Crippen molar-refractivity contribution in [1.29, 1.82) is 0 Å². The summed E-state index contributed by atoms with van der Waals surface area (Å²) in [4.78, 5) is 30.9. The number of carbonyl (C=O) groups is 2. The lowest BCUT2D eigenvalue weighted by Gasteiger charge is -2.30. The second-order valence-corrected chi connectivity index (χ2v) is 12.2. The number of urea groups is 1. The van der Waals surface area contributed by atoms with Crippen LogP contribution in [0.3, 0.4) is 0 Å². The van der Waals surface area contributed by atoms with E-state index in [0.29, 0.717) is 17.9 Å². The van der Waals surface area contributed by atoms with Crippen molar-refractivity contribution in [3.05, 3.63) is 102 Å². The molecule has 2 aromatic heterocycles. The van der Waals surface area contributed by atoms with E-state index >= 15 is 0 Å². The van der Waals surface area contributed by atoms with Gasteiger partial charge in [-0.25, -0.2) is 9.48 Å². The van der Waals surface area contributed by atoms with Crippen LogP contribution in [0, 0.1) is 12.8 Å². The van der Waals surface area contributed by atoms with Gasteiger partial charge < -0.3 is 10.6 Å². The molecule has 0 bridgehead atoms. The minimum atomic E-state index is -0.362. The largest absolute Gasteiger partial charge is 0.324 e. The van der Waals surface area contributed by atoms with E-state index in [1.165, 1.54) is 0 Å². The van der Waals surface area contributed by atoms with Gasteiger partial charge in [-0.15, -0.1) is 0 Å². The summed E-state index contributed by atoms with van der Waals surface area (Å²) in [6, 6.07) is 21.1. The normalized spacial score (nSPS) is 14.8. The maximum absolute atomic E-state index is 13.6. The summed E-state index contributed by atoms with van der Waals surface area (Å²) < 4.78 is 1.76. The summed E-state index contributed by atoms with van der Waals surface area (Å²) in [5.41, 5.74) is 5.28. The van der Waals surface area contributed by atoms with Crippen molar-refractivity contribution in [2.75, 3.05) is 23.7 Å². The molecule has 0 radical (unpaired) electrons. The second kappa shape index (κ2) is 12.7. The van der Waals surface area contributed by atoms with E-state index < -0.39 is 0 Å². The average molecular weight is 565 g/mol. The lowest BCUT2D eigenvalue weighted by atomic mass is 9.76. The minimum absolute atomic E-state index is 0.182. The van der Waals surface area contributed by atoms with Crippen molar-refractivity contribution in [1.82, 2.24) is 20.1 Å². The lowest BCUT2D eigenvalue weighted by molar-refractivity contribution is -0.121. The highest BCUT2D eigenvalue weighted by Gasteiger charge is 2.31. The number of benzene rings is 2. The van der Waals surface area contributed by atoms with Crippen LogP contribution in [0.5, 0.6) is 0 Å². The molecule has 3 N–H and O–H groups in total. The molecule has 1 unspecified atom stereocenters. The SMILES string of the molecule is Cc1ccc(-n2nc(C(C)(C)C)cc2NC(=O)Nc2ccc(C(C(=O)Cc3cccnc3)C3CCNCC3)cc2)cc1. The average Bonchev–Trinajstić information content (AvgIpc) is 3.40. The number of nitrogens with zero attached hydrogens (tertiary/aromatic N) is 3. The van der Waals surface area contributed by atoms with Gasteiger partial charge in [0.2, 0.25) is 0 Å². The van der Waals surface area contributed by atoms with Crippen LogP contribution in [0.2, 0.25) is 0 Å². The molecule has 218 valence electrons. The first-order valence-electron chi connectivity index (χ1n) is 14.7. The molecule has 0 saturated carbocycles. The Morgan fingerprint density at radius 2 is 1.71 bits per heavy atom. The van der Waals surface area contributed by atoms with Gasteiger partial charge in [0.05, 0.1) is 11.4 Å². The highest BCUT2D eigenvalue weighted by molar-refractivity contribution is 5.99. The molecule has 8 nitrogen and oxygen atoms in total. The van der Waals surface area contributed by atoms with Crippen molar-refractivity contribution in [3.8, 4) is 5.69 Å². The number of hydrogen-bond donors (Lipinski definition) is 3. The van der Waals surface area contributed by atoms with E-state index in [2.05, 4.69) is 41.7 Å². The van der Waals surface area contributed by atoms with Gasteiger partial charge in [0, 0.05) is 41.9 Å². The van der Waals surface area contributed by atoms with Gasteiger partial charge in [0.15, 0.2) is 0 Å². The third-order valence-electron chi connectivity index (χ3n) is 7.83. The van der Waals surface area contributed by atoms with Crippen LogP contribution in [-0.4, -0.2) is 39.7 Å². The fraction of sp³-hybridized carbons (Fsp3) is 0.353. The third kappa shape index (κ3) is 7.12. The maximum atomic E-state index is 13.6. The predicted octanol–water partition coefficient (Wildman–Crippen LogP) is 6.41. The fourth-order valence-electron chi connectivity index (χ4n) is 5.48. The van der Waals surface area contributed by atoms with Gasteiger partial charge in [0.25, 0.3) is 0 Å². The highest BCUT2D eigenvalue weighted by atomic mass is 16.2. The number of aromatic nitrogens is 3. The number of Topliss-reactive ketones (excluding diaryl/α,β-unsaturated/α-hetero) is 1. The van der Waals surface area contributed by atoms with Crippen molar-refractivity contribution < 1.29 is 9.59 Å². The first-order valence-corrected chi connectivity index (χ1v) is 14.7. The number of pyridine rings is 1. The zero-order valence-electron chi connectivity index (χ0n) is 24.9. The zero-order chi connectivity index (χ0) is 29.7. The van der Waals surface area contributed by atoms with Crippen LogP contribution >= 0.6 is 0 Å².